The quantitative estimate of drug-likeness (QED) is 0.271. The number of nitrogens with one attached hydrogen (secondary N) is 1. The molecule has 0 unspecified atom stereocenters. The van der Waals surface area contributed by atoms with Gasteiger partial charge in [0.1, 0.15) is 12.0 Å². The number of non-ortho nitro benzene ring substituents is 1. The molecule has 0 spiro atoms. The van der Waals surface area contributed by atoms with Gasteiger partial charge in [-0.05, 0) is 17.7 Å². The van der Waals surface area contributed by atoms with Crippen molar-refractivity contribution in [1.82, 2.24) is 9.55 Å². The Morgan fingerprint density at radius 2 is 1.81 bits per heavy atom. The highest BCUT2D eigenvalue weighted by molar-refractivity contribution is 5.99. The molecule has 0 fully saturated rings. The summed E-state index contributed by atoms with van der Waals surface area (Å²) in [7, 11) is 0. The third kappa shape index (κ3) is 4.37. The molecule has 0 aliphatic heterocycles. The number of fused-ring (bicyclic) bond motifs is 1. The highest BCUT2D eigenvalue weighted by Gasteiger charge is 2.10. The first-order chi connectivity index (χ1) is 15.0. The fourth-order valence-electron chi connectivity index (χ4n) is 3.20. The third-order valence-electron chi connectivity index (χ3n) is 4.64. The number of anilines is 1. The Labute approximate surface area is 175 Å². The first-order valence-corrected chi connectivity index (χ1v) is 9.22. The minimum absolute atomic E-state index is 0.0514. The minimum atomic E-state index is -0.518. The molecule has 1 N–H and O–H groups in total. The van der Waals surface area contributed by atoms with E-state index in [1.54, 1.807) is 18.3 Å². The summed E-state index contributed by atoms with van der Waals surface area (Å²) in [4.78, 5) is 24.8. The van der Waals surface area contributed by atoms with Crippen molar-refractivity contribution in [3.05, 3.63) is 104 Å². The van der Waals surface area contributed by atoms with Gasteiger partial charge in [0.25, 0.3) is 11.4 Å². The molecule has 2 aromatic carbocycles. The largest absolute Gasteiger partial charge is 0.342 e. The molecule has 0 radical (unpaired) electrons. The van der Waals surface area contributed by atoms with Crippen molar-refractivity contribution < 1.29 is 9.85 Å². The summed E-state index contributed by atoms with van der Waals surface area (Å²) in [6, 6.07) is 17.1. The van der Waals surface area contributed by atoms with Crippen LogP contribution in [0, 0.1) is 20.2 Å². The van der Waals surface area contributed by atoms with Crippen molar-refractivity contribution in [2.75, 3.05) is 5.43 Å². The van der Waals surface area contributed by atoms with Crippen LogP contribution < -0.4 is 5.43 Å². The number of aromatic nitrogens is 2. The summed E-state index contributed by atoms with van der Waals surface area (Å²) in [5, 5.41) is 26.9. The summed E-state index contributed by atoms with van der Waals surface area (Å²) >= 11 is 0. The van der Waals surface area contributed by atoms with E-state index in [0.29, 0.717) is 12.4 Å². The smallest absolute Gasteiger partial charge is 0.287 e. The summed E-state index contributed by atoms with van der Waals surface area (Å²) in [6.45, 7) is 0.466. The summed E-state index contributed by atoms with van der Waals surface area (Å²) in [5.41, 5.74) is 5.32. The molecule has 0 saturated carbocycles. The number of hydrogen-bond donors (Lipinski definition) is 1. The number of pyridine rings is 1. The Morgan fingerprint density at radius 1 is 1.00 bits per heavy atom. The van der Waals surface area contributed by atoms with E-state index in [-0.39, 0.29) is 11.4 Å². The molecule has 10 nitrogen and oxygen atoms in total. The lowest BCUT2D eigenvalue weighted by Gasteiger charge is -2.05. The molecule has 31 heavy (non-hydrogen) atoms. The van der Waals surface area contributed by atoms with Crippen LogP contribution in [0.5, 0.6) is 0 Å². The number of para-hydroxylation sites is 1. The van der Waals surface area contributed by atoms with E-state index in [1.807, 2.05) is 41.1 Å². The molecule has 4 aromatic rings. The normalized spacial score (nSPS) is 11.1. The van der Waals surface area contributed by atoms with Crippen LogP contribution in [0.15, 0.2) is 78.2 Å². The average Bonchev–Trinajstić information content (AvgIpc) is 3.12. The molecule has 10 heteroatoms. The van der Waals surface area contributed by atoms with Crippen molar-refractivity contribution in [3.8, 4) is 0 Å². The molecule has 2 aromatic heterocycles. The number of rotatable bonds is 7. The van der Waals surface area contributed by atoms with Gasteiger partial charge >= 0.3 is 0 Å². The van der Waals surface area contributed by atoms with Crippen LogP contribution in [-0.2, 0) is 6.54 Å². The Bertz CT molecular complexity index is 1300. The standard InChI is InChI=1S/C21H16N6O4/c28-26(29)17-5-3-4-15(10-17)13-25-14-16(19-6-1-2-7-20(19)25)11-23-24-21-9-8-18(12-22-21)27(30)31/h1-12,14H,13H2,(H,22,24)/b23-11+. The van der Waals surface area contributed by atoms with Crippen LogP contribution in [0.4, 0.5) is 17.2 Å². The zero-order chi connectivity index (χ0) is 21.8. The number of nitrogens with zero attached hydrogens (tertiary/aromatic N) is 5. The van der Waals surface area contributed by atoms with Gasteiger partial charge in [-0.15, -0.1) is 0 Å². The number of nitro benzene ring substituents is 1. The van der Waals surface area contributed by atoms with Gasteiger partial charge in [-0.25, -0.2) is 4.98 Å². The molecular formula is C21H16N6O4. The van der Waals surface area contributed by atoms with Crippen LogP contribution in [0.1, 0.15) is 11.1 Å². The van der Waals surface area contributed by atoms with Crippen molar-refractivity contribution in [2.24, 2.45) is 5.10 Å². The molecule has 2 heterocycles. The molecule has 0 bridgehead atoms. The lowest BCUT2D eigenvalue weighted by molar-refractivity contribution is -0.385. The van der Waals surface area contributed by atoms with E-state index < -0.39 is 9.85 Å². The SMILES string of the molecule is O=[N+]([O-])c1ccc(N/N=C/c2cn(Cc3cccc([N+](=O)[O-])c3)c3ccccc23)nc1. The summed E-state index contributed by atoms with van der Waals surface area (Å²) in [5.74, 6) is 0.377. The van der Waals surface area contributed by atoms with Crippen LogP contribution >= 0.6 is 0 Å². The van der Waals surface area contributed by atoms with Crippen molar-refractivity contribution in [1.29, 1.82) is 0 Å². The van der Waals surface area contributed by atoms with Crippen molar-refractivity contribution >= 4 is 34.3 Å². The second-order valence-corrected chi connectivity index (χ2v) is 6.69. The van der Waals surface area contributed by atoms with E-state index in [4.69, 9.17) is 0 Å². The third-order valence-corrected chi connectivity index (χ3v) is 4.64. The van der Waals surface area contributed by atoms with Crippen LogP contribution in [0.25, 0.3) is 10.9 Å². The highest BCUT2D eigenvalue weighted by Crippen LogP contribution is 2.22. The predicted molar refractivity (Wildman–Crippen MR) is 116 cm³/mol. The average molecular weight is 416 g/mol. The molecule has 154 valence electrons. The highest BCUT2D eigenvalue weighted by atomic mass is 16.6. The van der Waals surface area contributed by atoms with Gasteiger partial charge in [-0.1, -0.05) is 30.3 Å². The molecule has 0 saturated heterocycles. The maximum Gasteiger partial charge on any atom is 0.287 e. The fraction of sp³-hybridized carbons (Fsp3) is 0.0476. The lowest BCUT2D eigenvalue weighted by Crippen LogP contribution is -1.99. The molecule has 0 amide bonds. The second-order valence-electron chi connectivity index (χ2n) is 6.69. The van der Waals surface area contributed by atoms with E-state index in [0.717, 1.165) is 28.2 Å². The van der Waals surface area contributed by atoms with Gasteiger partial charge < -0.3 is 4.57 Å². The first kappa shape index (κ1) is 19.7. The Balaban J connectivity index is 1.57. The van der Waals surface area contributed by atoms with Gasteiger partial charge in [0, 0.05) is 47.4 Å². The van der Waals surface area contributed by atoms with E-state index in [9.17, 15) is 20.2 Å². The minimum Gasteiger partial charge on any atom is -0.342 e. The Kier molecular flexibility index (Phi) is 5.35. The van der Waals surface area contributed by atoms with Crippen molar-refractivity contribution in [3.63, 3.8) is 0 Å². The zero-order valence-corrected chi connectivity index (χ0v) is 16.1. The van der Waals surface area contributed by atoms with Crippen LogP contribution in [0.2, 0.25) is 0 Å². The van der Waals surface area contributed by atoms with Gasteiger partial charge in [0.05, 0.1) is 16.1 Å². The fourth-order valence-corrected chi connectivity index (χ4v) is 3.20. The number of hydrazone groups is 1. The number of hydrogen-bond acceptors (Lipinski definition) is 7. The molecule has 0 atom stereocenters. The lowest BCUT2D eigenvalue weighted by atomic mass is 10.2. The Hall–Kier alpha value is -4.60. The first-order valence-electron chi connectivity index (χ1n) is 9.22. The zero-order valence-electron chi connectivity index (χ0n) is 16.1. The Morgan fingerprint density at radius 3 is 2.55 bits per heavy atom. The van der Waals surface area contributed by atoms with Gasteiger partial charge in [-0.3, -0.25) is 25.7 Å². The summed E-state index contributed by atoms with van der Waals surface area (Å²) < 4.78 is 2.00. The van der Waals surface area contributed by atoms with Gasteiger partial charge in [-0.2, -0.15) is 5.10 Å². The summed E-state index contributed by atoms with van der Waals surface area (Å²) in [6.07, 6.45) is 4.70. The molecule has 4 rings (SSSR count). The van der Waals surface area contributed by atoms with Gasteiger partial charge in [0.15, 0.2) is 0 Å². The van der Waals surface area contributed by atoms with Crippen LogP contribution in [0.3, 0.4) is 0 Å². The number of nitro groups is 2. The maximum atomic E-state index is 11.0. The molecule has 0 aliphatic rings. The maximum absolute atomic E-state index is 11.0. The van der Waals surface area contributed by atoms with E-state index >= 15 is 0 Å². The van der Waals surface area contributed by atoms with E-state index in [2.05, 4.69) is 15.5 Å². The van der Waals surface area contributed by atoms with Crippen LogP contribution in [-0.4, -0.2) is 25.6 Å². The second kappa shape index (κ2) is 8.41. The molecule has 0 aliphatic carbocycles. The molecular weight excluding hydrogens is 400 g/mol. The number of benzene rings is 2. The van der Waals surface area contributed by atoms with E-state index in [1.165, 1.54) is 18.2 Å². The monoisotopic (exact) mass is 416 g/mol. The topological polar surface area (TPSA) is 128 Å². The van der Waals surface area contributed by atoms with Crippen molar-refractivity contribution in [2.45, 2.75) is 6.54 Å². The van der Waals surface area contributed by atoms with Gasteiger partial charge in [0.2, 0.25) is 0 Å². The predicted octanol–water partition coefficient (Wildman–Crippen LogP) is 4.35.